The normalized spacial score (nSPS) is 14.9. The van der Waals surface area contributed by atoms with Crippen molar-refractivity contribution in [3.63, 3.8) is 0 Å². The van der Waals surface area contributed by atoms with E-state index in [1.807, 2.05) is 19.9 Å². The van der Waals surface area contributed by atoms with Crippen molar-refractivity contribution < 1.29 is 9.50 Å². The van der Waals surface area contributed by atoms with E-state index in [1.54, 1.807) is 6.07 Å². The Kier molecular flexibility index (Phi) is 4.72. The fraction of sp³-hybridized carbons (Fsp3) is 0.500. The van der Waals surface area contributed by atoms with Crippen molar-refractivity contribution >= 4 is 0 Å². The predicted octanol–water partition coefficient (Wildman–Crippen LogP) is 2.25. The minimum atomic E-state index is -0.224. The van der Waals surface area contributed by atoms with Gasteiger partial charge in [0.25, 0.3) is 0 Å². The smallest absolute Gasteiger partial charge is 0.123 e. The average molecular weight is 211 g/mol. The highest BCUT2D eigenvalue weighted by Crippen LogP contribution is 2.14. The SMILES string of the molecule is CCC(CO)NC(C)c1cccc(F)c1. The van der Waals surface area contributed by atoms with Crippen molar-refractivity contribution in [2.75, 3.05) is 6.61 Å². The van der Waals surface area contributed by atoms with Gasteiger partial charge < -0.3 is 10.4 Å². The van der Waals surface area contributed by atoms with Crippen LogP contribution in [0.25, 0.3) is 0 Å². The Bertz CT molecular complexity index is 299. The number of halogens is 1. The molecule has 1 aromatic rings. The molecule has 0 saturated carbocycles. The standard InChI is InChI=1S/C12H18FNO/c1-3-12(8-15)14-9(2)10-5-4-6-11(13)7-10/h4-7,9,12,14-15H,3,8H2,1-2H3. The van der Waals surface area contributed by atoms with Crippen molar-refractivity contribution in [3.8, 4) is 0 Å². The van der Waals surface area contributed by atoms with E-state index in [9.17, 15) is 4.39 Å². The molecule has 2 unspecified atom stereocenters. The molecule has 2 atom stereocenters. The second kappa shape index (κ2) is 5.83. The molecule has 1 rings (SSSR count). The highest BCUT2D eigenvalue weighted by molar-refractivity contribution is 5.19. The van der Waals surface area contributed by atoms with Gasteiger partial charge in [-0.3, -0.25) is 0 Å². The summed E-state index contributed by atoms with van der Waals surface area (Å²) in [5, 5.41) is 12.3. The van der Waals surface area contributed by atoms with E-state index in [0.717, 1.165) is 12.0 Å². The van der Waals surface area contributed by atoms with Crippen molar-refractivity contribution in [1.82, 2.24) is 5.32 Å². The molecule has 0 aliphatic carbocycles. The maximum Gasteiger partial charge on any atom is 0.123 e. The van der Waals surface area contributed by atoms with Gasteiger partial charge in [0.1, 0.15) is 5.82 Å². The lowest BCUT2D eigenvalue weighted by atomic mass is 10.1. The molecule has 0 aromatic heterocycles. The molecule has 2 N–H and O–H groups in total. The molecule has 0 amide bonds. The highest BCUT2D eigenvalue weighted by atomic mass is 19.1. The molecule has 0 saturated heterocycles. The van der Waals surface area contributed by atoms with E-state index in [4.69, 9.17) is 5.11 Å². The van der Waals surface area contributed by atoms with Crippen LogP contribution in [0.1, 0.15) is 31.9 Å². The summed E-state index contributed by atoms with van der Waals surface area (Å²) in [6.45, 7) is 4.08. The lowest BCUT2D eigenvalue weighted by Crippen LogP contribution is -2.33. The summed E-state index contributed by atoms with van der Waals surface area (Å²) in [5.41, 5.74) is 0.905. The van der Waals surface area contributed by atoms with Gasteiger partial charge in [0.2, 0.25) is 0 Å². The Morgan fingerprint density at radius 3 is 2.73 bits per heavy atom. The third-order valence-electron chi connectivity index (χ3n) is 2.55. The Morgan fingerprint density at radius 1 is 1.47 bits per heavy atom. The van der Waals surface area contributed by atoms with Gasteiger partial charge in [0, 0.05) is 12.1 Å². The van der Waals surface area contributed by atoms with Crippen molar-refractivity contribution in [3.05, 3.63) is 35.6 Å². The zero-order chi connectivity index (χ0) is 11.3. The van der Waals surface area contributed by atoms with Crippen LogP contribution in [0.5, 0.6) is 0 Å². The molecule has 0 spiro atoms. The van der Waals surface area contributed by atoms with Gasteiger partial charge in [0.15, 0.2) is 0 Å². The fourth-order valence-corrected chi connectivity index (χ4v) is 1.53. The number of hydrogen-bond donors (Lipinski definition) is 2. The summed E-state index contributed by atoms with van der Waals surface area (Å²) < 4.78 is 13.0. The number of aliphatic hydroxyl groups excluding tert-OH is 1. The number of rotatable bonds is 5. The Morgan fingerprint density at radius 2 is 2.20 bits per heavy atom. The summed E-state index contributed by atoms with van der Waals surface area (Å²) in [5.74, 6) is -0.224. The second-order valence-electron chi connectivity index (χ2n) is 3.73. The van der Waals surface area contributed by atoms with E-state index in [2.05, 4.69) is 5.32 Å². The molecule has 0 bridgehead atoms. The van der Waals surface area contributed by atoms with Crippen LogP contribution in [0.4, 0.5) is 4.39 Å². The number of benzene rings is 1. The van der Waals surface area contributed by atoms with Crippen LogP contribution < -0.4 is 5.32 Å². The quantitative estimate of drug-likeness (QED) is 0.783. The first-order chi connectivity index (χ1) is 7.17. The van der Waals surface area contributed by atoms with Gasteiger partial charge >= 0.3 is 0 Å². The van der Waals surface area contributed by atoms with E-state index in [0.29, 0.717) is 0 Å². The summed E-state index contributed by atoms with van der Waals surface area (Å²) >= 11 is 0. The first-order valence-corrected chi connectivity index (χ1v) is 5.29. The Balaban J connectivity index is 2.64. The molecule has 1 aromatic carbocycles. The first kappa shape index (κ1) is 12.1. The maximum atomic E-state index is 13.0. The van der Waals surface area contributed by atoms with Gasteiger partial charge in [-0.05, 0) is 31.0 Å². The minimum Gasteiger partial charge on any atom is -0.395 e. The third-order valence-corrected chi connectivity index (χ3v) is 2.55. The van der Waals surface area contributed by atoms with E-state index < -0.39 is 0 Å². The van der Waals surface area contributed by atoms with Gasteiger partial charge in [-0.15, -0.1) is 0 Å². The summed E-state index contributed by atoms with van der Waals surface area (Å²) in [6, 6.07) is 6.65. The van der Waals surface area contributed by atoms with Crippen molar-refractivity contribution in [1.29, 1.82) is 0 Å². The van der Waals surface area contributed by atoms with Crippen LogP contribution in [-0.4, -0.2) is 17.8 Å². The van der Waals surface area contributed by atoms with E-state index >= 15 is 0 Å². The zero-order valence-electron chi connectivity index (χ0n) is 9.20. The molecule has 0 heterocycles. The number of aliphatic hydroxyl groups is 1. The molecule has 84 valence electrons. The number of nitrogens with one attached hydrogen (secondary N) is 1. The van der Waals surface area contributed by atoms with Crippen LogP contribution in [0.15, 0.2) is 24.3 Å². The first-order valence-electron chi connectivity index (χ1n) is 5.29. The fourth-order valence-electron chi connectivity index (χ4n) is 1.53. The topological polar surface area (TPSA) is 32.3 Å². The molecule has 0 fully saturated rings. The molecule has 2 nitrogen and oxygen atoms in total. The molecule has 0 radical (unpaired) electrons. The van der Waals surface area contributed by atoms with E-state index in [1.165, 1.54) is 12.1 Å². The predicted molar refractivity (Wildman–Crippen MR) is 59.1 cm³/mol. The van der Waals surface area contributed by atoms with Gasteiger partial charge in [-0.25, -0.2) is 4.39 Å². The third kappa shape index (κ3) is 3.61. The summed E-state index contributed by atoms with van der Waals surface area (Å²) in [6.07, 6.45) is 0.857. The highest BCUT2D eigenvalue weighted by Gasteiger charge is 2.10. The number of hydrogen-bond acceptors (Lipinski definition) is 2. The van der Waals surface area contributed by atoms with Crippen molar-refractivity contribution in [2.45, 2.75) is 32.4 Å². The molecule has 15 heavy (non-hydrogen) atoms. The van der Waals surface area contributed by atoms with Crippen LogP contribution in [0, 0.1) is 5.82 Å². The largest absolute Gasteiger partial charge is 0.395 e. The molecule has 0 aliphatic rings. The molecular weight excluding hydrogens is 193 g/mol. The molecular formula is C12H18FNO. The monoisotopic (exact) mass is 211 g/mol. The van der Waals surface area contributed by atoms with E-state index in [-0.39, 0.29) is 24.5 Å². The van der Waals surface area contributed by atoms with Gasteiger partial charge in [0.05, 0.1) is 6.61 Å². The summed E-state index contributed by atoms with van der Waals surface area (Å²) in [4.78, 5) is 0. The van der Waals surface area contributed by atoms with Crippen LogP contribution in [0.2, 0.25) is 0 Å². The lowest BCUT2D eigenvalue weighted by molar-refractivity contribution is 0.230. The Labute approximate surface area is 90.1 Å². The zero-order valence-corrected chi connectivity index (χ0v) is 9.20. The van der Waals surface area contributed by atoms with Crippen molar-refractivity contribution in [2.24, 2.45) is 0 Å². The maximum absolute atomic E-state index is 13.0. The minimum absolute atomic E-state index is 0.0535. The van der Waals surface area contributed by atoms with Crippen LogP contribution >= 0.6 is 0 Å². The molecule has 0 aliphatic heterocycles. The van der Waals surface area contributed by atoms with Crippen LogP contribution in [-0.2, 0) is 0 Å². The van der Waals surface area contributed by atoms with Gasteiger partial charge in [-0.2, -0.15) is 0 Å². The van der Waals surface area contributed by atoms with Gasteiger partial charge in [-0.1, -0.05) is 19.1 Å². The lowest BCUT2D eigenvalue weighted by Gasteiger charge is -2.20. The molecule has 3 heteroatoms. The second-order valence-corrected chi connectivity index (χ2v) is 3.73. The van der Waals surface area contributed by atoms with Crippen LogP contribution in [0.3, 0.4) is 0 Å². The average Bonchev–Trinajstić information content (AvgIpc) is 2.25. The summed E-state index contributed by atoms with van der Waals surface area (Å²) in [7, 11) is 0. The Hall–Kier alpha value is -0.930.